The Bertz CT molecular complexity index is 1220. The molecular formula is C26H26N4O4S. The summed E-state index contributed by atoms with van der Waals surface area (Å²) in [5, 5.41) is 3.20. The first-order valence-electron chi connectivity index (χ1n) is 11.3. The molecule has 1 saturated heterocycles. The van der Waals surface area contributed by atoms with Crippen molar-refractivity contribution in [1.29, 1.82) is 0 Å². The van der Waals surface area contributed by atoms with E-state index in [1.54, 1.807) is 24.3 Å². The van der Waals surface area contributed by atoms with E-state index in [1.165, 1.54) is 5.56 Å². The Balaban J connectivity index is 1.18. The number of nitrogens with two attached hydrogens (primary N) is 1. The molecule has 1 atom stereocenters. The highest BCUT2D eigenvalue weighted by molar-refractivity contribution is 7.99. The molecule has 1 unspecified atom stereocenters. The van der Waals surface area contributed by atoms with E-state index < -0.39 is 0 Å². The van der Waals surface area contributed by atoms with Crippen LogP contribution in [0.1, 0.15) is 26.7 Å². The van der Waals surface area contributed by atoms with Crippen LogP contribution in [0.3, 0.4) is 0 Å². The fourth-order valence-electron chi connectivity index (χ4n) is 4.15. The molecule has 9 heteroatoms. The second-order valence-corrected chi connectivity index (χ2v) is 9.64. The molecule has 8 nitrogen and oxygen atoms in total. The predicted octanol–water partition coefficient (Wildman–Crippen LogP) is 3.69. The fourth-order valence-corrected chi connectivity index (χ4v) is 5.39. The zero-order valence-corrected chi connectivity index (χ0v) is 19.8. The number of nitrogen functional groups attached to an aromatic ring is 1. The zero-order chi connectivity index (χ0) is 24.2. The van der Waals surface area contributed by atoms with Crippen molar-refractivity contribution in [1.82, 2.24) is 15.6 Å². The number of hydrogen-bond acceptors (Lipinski definition) is 6. The molecule has 3 amide bonds. The third-order valence-electron chi connectivity index (χ3n) is 6.13. The van der Waals surface area contributed by atoms with Gasteiger partial charge in [-0.3, -0.25) is 10.2 Å². The van der Waals surface area contributed by atoms with Crippen LogP contribution in [0.2, 0.25) is 0 Å². The van der Waals surface area contributed by atoms with Gasteiger partial charge in [-0.2, -0.15) is 11.8 Å². The average Bonchev–Trinajstić information content (AvgIpc) is 3.40. The highest BCUT2D eigenvalue weighted by Crippen LogP contribution is 2.37. The monoisotopic (exact) mass is 490 g/mol. The molecule has 1 fully saturated rings. The van der Waals surface area contributed by atoms with Gasteiger partial charge in [-0.1, -0.05) is 42.5 Å². The average molecular weight is 491 g/mol. The summed E-state index contributed by atoms with van der Waals surface area (Å²) in [7, 11) is 0. The van der Waals surface area contributed by atoms with E-state index in [4.69, 9.17) is 15.3 Å². The number of carbonyl (C=O) groups excluding carboxylic acids is 2. The van der Waals surface area contributed by atoms with Crippen molar-refractivity contribution in [3.63, 3.8) is 0 Å². The standard InChI is InChI=1S/C26H26N4O4S/c27-29-25(31)20-3-1-17(2-4-20)14-28-26(32)30-11-12-35-24(15-30)19-7-5-18(6-8-19)21-9-10-22-23(13-21)34-16-33-22/h1-10,13,24H,11-12,14-16,27H2,(H,28,32)(H,29,31). The van der Waals surface area contributed by atoms with Crippen LogP contribution in [-0.4, -0.2) is 42.5 Å². The molecule has 0 aromatic heterocycles. The molecule has 35 heavy (non-hydrogen) atoms. The van der Waals surface area contributed by atoms with E-state index in [0.717, 1.165) is 33.9 Å². The number of hydrogen-bond donors (Lipinski definition) is 3. The number of ether oxygens (including phenoxy) is 2. The molecule has 4 N–H and O–H groups in total. The smallest absolute Gasteiger partial charge is 0.317 e. The van der Waals surface area contributed by atoms with Gasteiger partial charge in [0.2, 0.25) is 6.79 Å². The molecular weight excluding hydrogens is 464 g/mol. The van der Waals surface area contributed by atoms with Crippen LogP contribution in [0.5, 0.6) is 11.5 Å². The Morgan fingerprint density at radius 3 is 2.49 bits per heavy atom. The number of rotatable bonds is 5. The molecule has 5 rings (SSSR count). The number of benzene rings is 3. The lowest BCUT2D eigenvalue weighted by atomic mass is 10.0. The van der Waals surface area contributed by atoms with Crippen LogP contribution in [0.4, 0.5) is 4.79 Å². The van der Waals surface area contributed by atoms with E-state index in [-0.39, 0.29) is 24.0 Å². The molecule has 3 aromatic carbocycles. The second kappa shape index (κ2) is 10.3. The topological polar surface area (TPSA) is 106 Å². The Hall–Kier alpha value is -3.69. The van der Waals surface area contributed by atoms with Gasteiger partial charge in [0.25, 0.3) is 5.91 Å². The third-order valence-corrected chi connectivity index (χ3v) is 7.37. The number of nitrogens with one attached hydrogen (secondary N) is 2. The molecule has 0 radical (unpaired) electrons. The Morgan fingerprint density at radius 1 is 0.971 bits per heavy atom. The number of amides is 3. The van der Waals surface area contributed by atoms with Gasteiger partial charge in [-0.05, 0) is 46.5 Å². The minimum Gasteiger partial charge on any atom is -0.454 e. The Morgan fingerprint density at radius 2 is 1.71 bits per heavy atom. The normalized spacial score (nSPS) is 16.6. The highest BCUT2D eigenvalue weighted by Gasteiger charge is 2.25. The highest BCUT2D eigenvalue weighted by atomic mass is 32.2. The first-order valence-corrected chi connectivity index (χ1v) is 12.4. The van der Waals surface area contributed by atoms with Gasteiger partial charge in [-0.25, -0.2) is 10.6 Å². The van der Waals surface area contributed by atoms with Crippen LogP contribution in [0, 0.1) is 0 Å². The first-order chi connectivity index (χ1) is 17.1. The maximum absolute atomic E-state index is 12.8. The summed E-state index contributed by atoms with van der Waals surface area (Å²) in [5.74, 6) is 7.24. The van der Waals surface area contributed by atoms with E-state index >= 15 is 0 Å². The Labute approximate surface area is 207 Å². The van der Waals surface area contributed by atoms with E-state index in [9.17, 15) is 9.59 Å². The lowest BCUT2D eigenvalue weighted by Gasteiger charge is -2.32. The van der Waals surface area contributed by atoms with Crippen molar-refractivity contribution in [2.75, 3.05) is 25.6 Å². The molecule has 0 saturated carbocycles. The van der Waals surface area contributed by atoms with Crippen LogP contribution < -0.4 is 26.1 Å². The SMILES string of the molecule is NNC(=O)c1ccc(CNC(=O)N2CCSC(c3ccc(-c4ccc5c(c4)OCO5)cc3)C2)cc1. The molecule has 2 aliphatic rings. The summed E-state index contributed by atoms with van der Waals surface area (Å²) in [4.78, 5) is 26.2. The minimum atomic E-state index is -0.346. The number of carbonyl (C=O) groups is 2. The van der Waals surface area contributed by atoms with Crippen LogP contribution in [-0.2, 0) is 6.54 Å². The summed E-state index contributed by atoms with van der Waals surface area (Å²) < 4.78 is 10.9. The number of fused-ring (bicyclic) bond motifs is 1. The number of hydrazine groups is 1. The van der Waals surface area contributed by atoms with E-state index in [0.29, 0.717) is 25.2 Å². The molecule has 0 spiro atoms. The largest absolute Gasteiger partial charge is 0.454 e. The van der Waals surface area contributed by atoms with Crippen LogP contribution in [0.25, 0.3) is 11.1 Å². The van der Waals surface area contributed by atoms with Gasteiger partial charge < -0.3 is 19.7 Å². The zero-order valence-electron chi connectivity index (χ0n) is 19.0. The van der Waals surface area contributed by atoms with Crippen molar-refractivity contribution in [3.05, 3.63) is 83.4 Å². The quantitative estimate of drug-likeness (QED) is 0.286. The van der Waals surface area contributed by atoms with Crippen molar-refractivity contribution < 1.29 is 19.1 Å². The van der Waals surface area contributed by atoms with Gasteiger partial charge in [0.15, 0.2) is 11.5 Å². The van der Waals surface area contributed by atoms with E-state index in [2.05, 4.69) is 35.0 Å². The van der Waals surface area contributed by atoms with Crippen LogP contribution in [0.15, 0.2) is 66.7 Å². The van der Waals surface area contributed by atoms with Crippen LogP contribution >= 0.6 is 11.8 Å². The summed E-state index contributed by atoms with van der Waals surface area (Å²) in [6, 6.07) is 21.4. The maximum atomic E-state index is 12.8. The molecule has 2 aliphatic heterocycles. The fraction of sp³-hybridized carbons (Fsp3) is 0.231. The summed E-state index contributed by atoms with van der Waals surface area (Å²) in [6.45, 7) is 2.01. The predicted molar refractivity (Wildman–Crippen MR) is 135 cm³/mol. The first kappa shape index (κ1) is 23.1. The molecule has 0 bridgehead atoms. The van der Waals surface area contributed by atoms with Gasteiger partial charge >= 0.3 is 6.03 Å². The van der Waals surface area contributed by atoms with Gasteiger partial charge in [-0.15, -0.1) is 0 Å². The lowest BCUT2D eigenvalue weighted by molar-refractivity contribution is 0.0953. The maximum Gasteiger partial charge on any atom is 0.317 e. The minimum absolute atomic E-state index is 0.0870. The van der Waals surface area contributed by atoms with Gasteiger partial charge in [0, 0.05) is 36.2 Å². The summed E-state index contributed by atoms with van der Waals surface area (Å²) >= 11 is 1.87. The van der Waals surface area contributed by atoms with Crippen molar-refractivity contribution in [2.24, 2.45) is 5.84 Å². The molecule has 3 aromatic rings. The van der Waals surface area contributed by atoms with Gasteiger partial charge in [0.05, 0.1) is 0 Å². The molecule has 2 heterocycles. The Kier molecular flexibility index (Phi) is 6.78. The number of thioether (sulfide) groups is 1. The van der Waals surface area contributed by atoms with Crippen molar-refractivity contribution in [3.8, 4) is 22.6 Å². The van der Waals surface area contributed by atoms with Gasteiger partial charge in [0.1, 0.15) is 0 Å². The lowest BCUT2D eigenvalue weighted by Crippen LogP contribution is -2.44. The third kappa shape index (κ3) is 5.21. The summed E-state index contributed by atoms with van der Waals surface area (Å²) in [6.07, 6.45) is 0. The second-order valence-electron chi connectivity index (χ2n) is 8.32. The van der Waals surface area contributed by atoms with Crippen molar-refractivity contribution >= 4 is 23.7 Å². The number of urea groups is 1. The summed E-state index contributed by atoms with van der Waals surface area (Å²) in [5.41, 5.74) is 6.88. The van der Waals surface area contributed by atoms with E-state index in [1.807, 2.05) is 34.9 Å². The number of nitrogens with zero attached hydrogens (tertiary/aromatic N) is 1. The molecule has 180 valence electrons. The molecule has 0 aliphatic carbocycles. The van der Waals surface area contributed by atoms with Crippen molar-refractivity contribution in [2.45, 2.75) is 11.8 Å².